The average Bonchev–Trinajstić information content (AvgIpc) is 3.17. The average molecular weight is 486 g/mol. The molecule has 1 atom stereocenters. The standard InChI is InChI=1S/C26H26ClFNO3P/c1-3-31-33(30,32-4-2)26(16-19-10-13-21(28)14-11-19)24-18-29(22-8-6-5-7-9-22)25-15-12-20(27)17-23(24)25/h5-15,17-18,26H,3-4,16H2,1-2H3. The van der Waals surface area contributed by atoms with Gasteiger partial charge in [0.1, 0.15) is 5.82 Å². The van der Waals surface area contributed by atoms with Crippen molar-refractivity contribution >= 4 is 30.1 Å². The molecule has 33 heavy (non-hydrogen) atoms. The zero-order chi connectivity index (χ0) is 23.4. The topological polar surface area (TPSA) is 40.5 Å². The van der Waals surface area contributed by atoms with Crippen molar-refractivity contribution in [2.75, 3.05) is 13.2 Å². The first-order valence-corrected chi connectivity index (χ1v) is 12.9. The fraction of sp³-hybridized carbons (Fsp3) is 0.231. The van der Waals surface area contributed by atoms with Gasteiger partial charge in [0, 0.05) is 22.3 Å². The van der Waals surface area contributed by atoms with Gasteiger partial charge in [-0.15, -0.1) is 0 Å². The van der Waals surface area contributed by atoms with Gasteiger partial charge < -0.3 is 13.6 Å². The van der Waals surface area contributed by atoms with Crippen LogP contribution in [0.5, 0.6) is 0 Å². The third-order valence-corrected chi connectivity index (χ3v) is 8.23. The zero-order valence-corrected chi connectivity index (χ0v) is 20.2. The van der Waals surface area contributed by atoms with Crippen molar-refractivity contribution in [3.63, 3.8) is 0 Å². The van der Waals surface area contributed by atoms with Crippen molar-refractivity contribution in [2.24, 2.45) is 0 Å². The molecule has 1 heterocycles. The Morgan fingerprint density at radius 1 is 0.970 bits per heavy atom. The Hall–Kier alpha value is -2.43. The normalized spacial score (nSPS) is 12.8. The molecular weight excluding hydrogens is 460 g/mol. The smallest absolute Gasteiger partial charge is 0.316 e. The van der Waals surface area contributed by atoms with Crippen LogP contribution in [0.1, 0.15) is 30.6 Å². The van der Waals surface area contributed by atoms with E-state index in [2.05, 4.69) is 4.57 Å². The van der Waals surface area contributed by atoms with E-state index in [-0.39, 0.29) is 19.0 Å². The van der Waals surface area contributed by atoms with Crippen molar-refractivity contribution in [2.45, 2.75) is 25.9 Å². The second kappa shape index (κ2) is 10.2. The molecule has 7 heteroatoms. The van der Waals surface area contributed by atoms with Crippen molar-refractivity contribution < 1.29 is 18.0 Å². The SMILES string of the molecule is CCOP(=O)(OCC)C(Cc1ccc(F)cc1)c1cn(-c2ccccc2)c2ccc(Cl)cc12. The Morgan fingerprint density at radius 2 is 1.64 bits per heavy atom. The fourth-order valence-corrected chi connectivity index (χ4v) is 6.42. The van der Waals surface area contributed by atoms with Crippen LogP contribution in [-0.4, -0.2) is 17.8 Å². The van der Waals surface area contributed by atoms with Crippen molar-refractivity contribution in [3.05, 3.63) is 101 Å². The summed E-state index contributed by atoms with van der Waals surface area (Å²) in [6.45, 7) is 4.08. The van der Waals surface area contributed by atoms with Crippen LogP contribution in [0.2, 0.25) is 5.02 Å². The molecule has 4 nitrogen and oxygen atoms in total. The Labute approximate surface area is 198 Å². The van der Waals surface area contributed by atoms with Gasteiger partial charge in [0.2, 0.25) is 0 Å². The molecule has 4 rings (SSSR count). The molecule has 0 N–H and O–H groups in total. The minimum Gasteiger partial charge on any atom is -0.316 e. The molecule has 0 aliphatic heterocycles. The molecule has 0 radical (unpaired) electrons. The summed E-state index contributed by atoms with van der Waals surface area (Å²) >= 11 is 6.38. The maximum Gasteiger partial charge on any atom is 0.338 e. The van der Waals surface area contributed by atoms with Crippen molar-refractivity contribution in [3.8, 4) is 5.69 Å². The first-order valence-electron chi connectivity index (χ1n) is 10.9. The number of benzene rings is 3. The fourth-order valence-electron chi connectivity index (χ4n) is 4.11. The Bertz CT molecular complexity index is 1260. The number of rotatable bonds is 9. The van der Waals surface area contributed by atoms with Crippen LogP contribution in [0.3, 0.4) is 0 Å². The zero-order valence-electron chi connectivity index (χ0n) is 18.6. The van der Waals surface area contributed by atoms with Crippen LogP contribution in [-0.2, 0) is 20.0 Å². The van der Waals surface area contributed by atoms with Gasteiger partial charge in [-0.1, -0.05) is 41.9 Å². The van der Waals surface area contributed by atoms with Crippen LogP contribution in [0, 0.1) is 5.82 Å². The van der Waals surface area contributed by atoms with Gasteiger partial charge in [0.25, 0.3) is 0 Å². The van der Waals surface area contributed by atoms with E-state index in [9.17, 15) is 8.96 Å². The predicted octanol–water partition coefficient (Wildman–Crippen LogP) is 7.97. The summed E-state index contributed by atoms with van der Waals surface area (Å²) in [5, 5.41) is 1.45. The number of hydrogen-bond acceptors (Lipinski definition) is 3. The lowest BCUT2D eigenvalue weighted by Gasteiger charge is -2.26. The van der Waals surface area contributed by atoms with E-state index in [1.807, 2.05) is 54.7 Å². The van der Waals surface area contributed by atoms with Crippen molar-refractivity contribution in [1.82, 2.24) is 4.57 Å². The van der Waals surface area contributed by atoms with Gasteiger partial charge in [-0.05, 0) is 73.9 Å². The molecule has 0 aliphatic carbocycles. The largest absolute Gasteiger partial charge is 0.338 e. The van der Waals surface area contributed by atoms with E-state index in [0.717, 1.165) is 27.7 Å². The highest BCUT2D eigenvalue weighted by Crippen LogP contribution is 2.63. The number of fused-ring (bicyclic) bond motifs is 1. The molecular formula is C26H26ClFNO3P. The lowest BCUT2D eigenvalue weighted by molar-refractivity contribution is 0.212. The maximum absolute atomic E-state index is 14.1. The second-order valence-corrected chi connectivity index (χ2v) is 10.3. The van der Waals surface area contributed by atoms with E-state index in [1.165, 1.54) is 12.1 Å². The summed E-state index contributed by atoms with van der Waals surface area (Å²) in [7, 11) is -3.58. The highest BCUT2D eigenvalue weighted by Gasteiger charge is 2.39. The van der Waals surface area contributed by atoms with Crippen LogP contribution in [0.15, 0.2) is 79.0 Å². The molecule has 0 bridgehead atoms. The summed E-state index contributed by atoms with van der Waals surface area (Å²) < 4.78 is 41.3. The Balaban J connectivity index is 1.94. The summed E-state index contributed by atoms with van der Waals surface area (Å²) in [5.74, 6) is -0.319. The van der Waals surface area contributed by atoms with Gasteiger partial charge in [-0.25, -0.2) is 4.39 Å². The van der Waals surface area contributed by atoms with E-state index in [4.69, 9.17) is 20.6 Å². The third kappa shape index (κ3) is 5.07. The number of aromatic nitrogens is 1. The molecule has 1 unspecified atom stereocenters. The molecule has 0 spiro atoms. The first-order chi connectivity index (χ1) is 15.9. The highest BCUT2D eigenvalue weighted by molar-refractivity contribution is 7.54. The molecule has 0 saturated carbocycles. The van der Waals surface area contributed by atoms with Crippen molar-refractivity contribution in [1.29, 1.82) is 0 Å². The lowest BCUT2D eigenvalue weighted by Crippen LogP contribution is -2.10. The number of halogens is 2. The monoisotopic (exact) mass is 485 g/mol. The van der Waals surface area contributed by atoms with Crippen LogP contribution in [0.4, 0.5) is 4.39 Å². The van der Waals surface area contributed by atoms with Crippen LogP contribution in [0.25, 0.3) is 16.6 Å². The van der Waals surface area contributed by atoms with E-state index in [1.54, 1.807) is 26.0 Å². The Kier molecular flexibility index (Phi) is 7.35. The van der Waals surface area contributed by atoms with Gasteiger partial charge >= 0.3 is 7.60 Å². The molecule has 0 amide bonds. The molecule has 0 fully saturated rings. The quantitative estimate of drug-likeness (QED) is 0.226. The summed E-state index contributed by atoms with van der Waals surface area (Å²) in [4.78, 5) is 0. The molecule has 1 aromatic heterocycles. The van der Waals surface area contributed by atoms with E-state index < -0.39 is 13.3 Å². The van der Waals surface area contributed by atoms with Crippen LogP contribution >= 0.6 is 19.2 Å². The number of para-hydroxylation sites is 1. The Morgan fingerprint density at radius 3 is 2.27 bits per heavy atom. The van der Waals surface area contributed by atoms with Gasteiger partial charge in [-0.3, -0.25) is 4.57 Å². The molecule has 3 aromatic carbocycles. The number of nitrogens with zero attached hydrogens (tertiary/aromatic N) is 1. The molecule has 0 aliphatic rings. The molecule has 4 aromatic rings. The molecule has 172 valence electrons. The summed E-state index contributed by atoms with van der Waals surface area (Å²) in [6.07, 6.45) is 2.34. The second-order valence-electron chi connectivity index (χ2n) is 7.67. The molecule has 0 saturated heterocycles. The van der Waals surface area contributed by atoms with Gasteiger partial charge in [0.15, 0.2) is 0 Å². The summed E-state index contributed by atoms with van der Waals surface area (Å²) in [5.41, 5.74) is 2.95. The summed E-state index contributed by atoms with van der Waals surface area (Å²) in [6, 6.07) is 21.8. The highest BCUT2D eigenvalue weighted by atomic mass is 35.5. The lowest BCUT2D eigenvalue weighted by atomic mass is 10.0. The number of hydrogen-bond donors (Lipinski definition) is 0. The maximum atomic E-state index is 14.1. The third-order valence-electron chi connectivity index (χ3n) is 5.53. The minimum atomic E-state index is -3.58. The first kappa shape index (κ1) is 23.7. The minimum absolute atomic E-state index is 0.245. The van der Waals surface area contributed by atoms with Crippen LogP contribution < -0.4 is 0 Å². The van der Waals surface area contributed by atoms with E-state index >= 15 is 0 Å². The predicted molar refractivity (Wildman–Crippen MR) is 132 cm³/mol. The van der Waals surface area contributed by atoms with Gasteiger partial charge in [0.05, 0.1) is 24.4 Å². The van der Waals surface area contributed by atoms with E-state index in [0.29, 0.717) is 11.4 Å². The van der Waals surface area contributed by atoms with Gasteiger partial charge in [-0.2, -0.15) is 0 Å².